The molecule has 2 aromatic carbocycles. The Morgan fingerprint density at radius 2 is 1.85 bits per heavy atom. The largest absolute Gasteiger partial charge is 0.489 e. The van der Waals surface area contributed by atoms with Gasteiger partial charge in [-0.15, -0.1) is 0 Å². The molecule has 1 atom stereocenters. The zero-order valence-corrected chi connectivity index (χ0v) is 21.6. The van der Waals surface area contributed by atoms with Crippen LogP contribution in [0.1, 0.15) is 66.9 Å². The Kier molecular flexibility index (Phi) is 9.74. The average molecular weight is 514 g/mol. The van der Waals surface area contributed by atoms with Crippen LogP contribution in [0.4, 0.5) is 4.39 Å². The van der Waals surface area contributed by atoms with Crippen molar-refractivity contribution in [1.29, 1.82) is 0 Å². The van der Waals surface area contributed by atoms with Crippen LogP contribution in [0, 0.1) is 5.82 Å². The van der Waals surface area contributed by atoms with Gasteiger partial charge in [0.15, 0.2) is 0 Å². The minimum atomic E-state index is -0.549. The van der Waals surface area contributed by atoms with Gasteiger partial charge in [-0.3, -0.25) is 14.4 Å². The van der Waals surface area contributed by atoms with Crippen LogP contribution >= 0.6 is 35.1 Å². The SMILES string of the molecule is CC.CSNC(=O)c1cc(C2CC2)c(O[C@@H]2CCCN(Cc3cc(Cl)cc(Cl)c3)C2)cc1F. The molecule has 1 N–H and O–H groups in total. The maximum absolute atomic E-state index is 14.7. The fourth-order valence-corrected chi connectivity index (χ4v) is 4.97. The summed E-state index contributed by atoms with van der Waals surface area (Å²) >= 11 is 13.4. The van der Waals surface area contributed by atoms with Crippen molar-refractivity contribution in [3.8, 4) is 5.75 Å². The van der Waals surface area contributed by atoms with E-state index in [9.17, 15) is 9.18 Å². The first-order valence-corrected chi connectivity index (χ1v) is 13.4. The molecule has 8 heteroatoms. The van der Waals surface area contributed by atoms with Gasteiger partial charge in [-0.1, -0.05) is 49.0 Å². The summed E-state index contributed by atoms with van der Waals surface area (Å²) in [7, 11) is 0. The van der Waals surface area contributed by atoms with E-state index in [2.05, 4.69) is 9.62 Å². The van der Waals surface area contributed by atoms with Crippen molar-refractivity contribution in [3.63, 3.8) is 0 Å². The van der Waals surface area contributed by atoms with Crippen molar-refractivity contribution < 1.29 is 13.9 Å². The minimum Gasteiger partial charge on any atom is -0.489 e. The molecule has 0 radical (unpaired) electrons. The average Bonchev–Trinajstić information content (AvgIpc) is 3.60. The number of nitrogens with zero attached hydrogens (tertiary/aromatic N) is 1. The summed E-state index contributed by atoms with van der Waals surface area (Å²) in [6.45, 7) is 6.43. The van der Waals surface area contributed by atoms with E-state index in [0.717, 1.165) is 68.4 Å². The first-order chi connectivity index (χ1) is 15.9. The quantitative estimate of drug-likeness (QED) is 0.402. The highest BCUT2D eigenvalue weighted by Crippen LogP contribution is 2.45. The fraction of sp³-hybridized carbons (Fsp3) is 0.480. The second-order valence-electron chi connectivity index (χ2n) is 8.17. The zero-order valence-electron chi connectivity index (χ0n) is 19.3. The molecule has 1 aliphatic carbocycles. The highest BCUT2D eigenvalue weighted by molar-refractivity contribution is 7.97. The summed E-state index contributed by atoms with van der Waals surface area (Å²) in [5.74, 6) is -0.0577. The van der Waals surface area contributed by atoms with Gasteiger partial charge in [0.05, 0.1) is 5.56 Å². The number of carbonyl (C=O) groups excluding carboxylic acids is 1. The number of piperidine rings is 1. The van der Waals surface area contributed by atoms with Crippen molar-refractivity contribution in [3.05, 3.63) is 62.9 Å². The standard InChI is InChI=1S/C23H25Cl2FN2O2S.C2H6/c1-31-27-23(29)20-10-19(15-4-5-15)22(11-21(20)26)30-18-3-2-6-28(13-18)12-14-7-16(24)9-17(25)8-14;1-2/h7-11,15,18H,2-6,12-13H2,1H3,(H,27,29);1-2H3/t18-;/m1./s1. The van der Waals surface area contributed by atoms with Crippen molar-refractivity contribution in [2.24, 2.45) is 0 Å². The van der Waals surface area contributed by atoms with Gasteiger partial charge in [0.1, 0.15) is 17.7 Å². The van der Waals surface area contributed by atoms with Crippen LogP contribution < -0.4 is 9.46 Å². The van der Waals surface area contributed by atoms with Crippen LogP contribution in [0.25, 0.3) is 0 Å². The zero-order chi connectivity index (χ0) is 24.0. The number of likely N-dealkylation sites (tertiary alicyclic amines) is 1. The van der Waals surface area contributed by atoms with E-state index in [1.165, 1.54) is 6.07 Å². The lowest BCUT2D eigenvalue weighted by Crippen LogP contribution is -2.40. The summed E-state index contributed by atoms with van der Waals surface area (Å²) in [6, 6.07) is 8.64. The molecule has 1 heterocycles. The normalized spacial score (nSPS) is 18.3. The molecule has 1 saturated heterocycles. The van der Waals surface area contributed by atoms with E-state index in [1.54, 1.807) is 18.4 Å². The monoisotopic (exact) mass is 512 g/mol. The van der Waals surface area contributed by atoms with Gasteiger partial charge in [-0.2, -0.15) is 0 Å². The van der Waals surface area contributed by atoms with Crippen LogP contribution in [0.5, 0.6) is 5.75 Å². The molecule has 0 unspecified atom stereocenters. The molecule has 180 valence electrons. The van der Waals surface area contributed by atoms with Gasteiger partial charge in [-0.05, 0) is 73.5 Å². The highest BCUT2D eigenvalue weighted by Gasteiger charge is 2.31. The summed E-state index contributed by atoms with van der Waals surface area (Å²) in [6.07, 6.45) is 5.69. The van der Waals surface area contributed by atoms with Crippen molar-refractivity contribution >= 4 is 41.1 Å². The van der Waals surface area contributed by atoms with Crippen molar-refractivity contribution in [2.45, 2.75) is 58.1 Å². The Bertz CT molecular complexity index is 951. The number of hydrogen-bond acceptors (Lipinski definition) is 4. The number of hydrogen-bond donors (Lipinski definition) is 1. The highest BCUT2D eigenvalue weighted by atomic mass is 35.5. The van der Waals surface area contributed by atoms with Crippen LogP contribution in [0.2, 0.25) is 10.0 Å². The molecule has 1 saturated carbocycles. The Hall–Kier alpha value is -1.47. The number of amides is 1. The Balaban J connectivity index is 0.00000149. The topological polar surface area (TPSA) is 41.6 Å². The smallest absolute Gasteiger partial charge is 0.264 e. The number of halogens is 3. The van der Waals surface area contributed by atoms with Gasteiger partial charge in [0, 0.05) is 35.5 Å². The first kappa shape index (κ1) is 26.1. The Labute approximate surface area is 210 Å². The van der Waals surface area contributed by atoms with Gasteiger partial charge in [-0.25, -0.2) is 4.39 Å². The summed E-state index contributed by atoms with van der Waals surface area (Å²) in [5, 5.41) is 1.25. The van der Waals surface area contributed by atoms with E-state index in [-0.39, 0.29) is 11.7 Å². The third-order valence-corrected chi connectivity index (χ3v) is 6.47. The minimum absolute atomic E-state index is 0.0359. The molecule has 2 fully saturated rings. The van der Waals surface area contributed by atoms with E-state index in [0.29, 0.717) is 21.7 Å². The van der Waals surface area contributed by atoms with Crippen molar-refractivity contribution in [2.75, 3.05) is 19.3 Å². The molecule has 0 spiro atoms. The van der Waals surface area contributed by atoms with E-state index in [4.69, 9.17) is 27.9 Å². The Morgan fingerprint density at radius 3 is 2.48 bits per heavy atom. The van der Waals surface area contributed by atoms with Crippen LogP contribution in [-0.2, 0) is 6.54 Å². The lowest BCUT2D eigenvalue weighted by Gasteiger charge is -2.33. The predicted molar refractivity (Wildman–Crippen MR) is 136 cm³/mol. The summed E-state index contributed by atoms with van der Waals surface area (Å²) < 4.78 is 23.6. The van der Waals surface area contributed by atoms with Gasteiger partial charge in [0.25, 0.3) is 5.91 Å². The van der Waals surface area contributed by atoms with Crippen LogP contribution in [0.15, 0.2) is 30.3 Å². The third kappa shape index (κ3) is 7.25. The molecule has 1 amide bonds. The lowest BCUT2D eigenvalue weighted by atomic mass is 10.0. The van der Waals surface area contributed by atoms with E-state index < -0.39 is 11.7 Å². The van der Waals surface area contributed by atoms with Crippen molar-refractivity contribution in [1.82, 2.24) is 9.62 Å². The first-order valence-electron chi connectivity index (χ1n) is 11.4. The molecule has 2 aromatic rings. The molecule has 33 heavy (non-hydrogen) atoms. The maximum Gasteiger partial charge on any atom is 0.264 e. The summed E-state index contributed by atoms with van der Waals surface area (Å²) in [5.41, 5.74) is 2.07. The summed E-state index contributed by atoms with van der Waals surface area (Å²) in [4.78, 5) is 14.5. The number of benzene rings is 2. The Morgan fingerprint density at radius 1 is 1.15 bits per heavy atom. The third-order valence-electron chi connectivity index (χ3n) is 5.64. The molecule has 4 nitrogen and oxygen atoms in total. The number of carbonyl (C=O) groups is 1. The molecule has 0 bridgehead atoms. The fourth-order valence-electron chi connectivity index (χ4n) is 4.10. The number of rotatable bonds is 7. The number of nitrogens with one attached hydrogen (secondary N) is 1. The van der Waals surface area contributed by atoms with Crippen LogP contribution in [0.3, 0.4) is 0 Å². The van der Waals surface area contributed by atoms with E-state index >= 15 is 0 Å². The molecule has 2 aliphatic rings. The van der Waals surface area contributed by atoms with Gasteiger partial charge in [0.2, 0.25) is 0 Å². The molecule has 4 rings (SSSR count). The van der Waals surface area contributed by atoms with Crippen LogP contribution in [-0.4, -0.2) is 36.3 Å². The molecular weight excluding hydrogens is 482 g/mol. The number of ether oxygens (including phenoxy) is 1. The second kappa shape index (κ2) is 12.3. The lowest BCUT2D eigenvalue weighted by molar-refractivity contribution is 0.0832. The van der Waals surface area contributed by atoms with Gasteiger partial charge >= 0.3 is 0 Å². The molecular formula is C25H31Cl2FN2O2S. The maximum atomic E-state index is 14.7. The second-order valence-corrected chi connectivity index (χ2v) is 9.66. The molecule has 0 aromatic heterocycles. The molecule has 1 aliphatic heterocycles. The van der Waals surface area contributed by atoms with Gasteiger partial charge < -0.3 is 4.74 Å². The van der Waals surface area contributed by atoms with E-state index in [1.807, 2.05) is 26.0 Å². The predicted octanol–water partition coefficient (Wildman–Crippen LogP) is 7.09.